The summed E-state index contributed by atoms with van der Waals surface area (Å²) in [5, 5.41) is 14.0. The average molecular weight is 431 g/mol. The van der Waals surface area contributed by atoms with E-state index in [1.807, 2.05) is 0 Å². The van der Waals surface area contributed by atoms with Crippen molar-refractivity contribution in [3.8, 4) is 17.4 Å². The van der Waals surface area contributed by atoms with Crippen LogP contribution >= 0.6 is 0 Å². The molecule has 1 fully saturated rings. The van der Waals surface area contributed by atoms with Crippen molar-refractivity contribution >= 4 is 17.4 Å². The molecule has 3 rings (SSSR count). The number of nitrogens with one attached hydrogen (secondary N) is 1. The summed E-state index contributed by atoms with van der Waals surface area (Å²) in [7, 11) is 2.75. The van der Waals surface area contributed by atoms with Gasteiger partial charge in [0.2, 0.25) is 5.88 Å². The molecule has 0 saturated carbocycles. The Balaban J connectivity index is 1.62. The number of nitrogens with zero attached hydrogens (tertiary/aromatic N) is 4. The first kappa shape index (κ1) is 22.1. The van der Waals surface area contributed by atoms with Crippen molar-refractivity contribution in [3.05, 3.63) is 39.7 Å². The Kier molecular flexibility index (Phi) is 7.06. The van der Waals surface area contributed by atoms with Crippen LogP contribution in [-0.2, 0) is 0 Å². The minimum absolute atomic E-state index is 0.128. The van der Waals surface area contributed by atoms with E-state index in [4.69, 9.17) is 14.2 Å². The van der Waals surface area contributed by atoms with Crippen molar-refractivity contribution in [2.75, 3.05) is 45.4 Å². The van der Waals surface area contributed by atoms with E-state index < -0.39 is 10.8 Å². The highest BCUT2D eigenvalue weighted by atomic mass is 16.6. The molecule has 1 saturated heterocycles. The minimum Gasteiger partial charge on any atom is -0.493 e. The maximum absolute atomic E-state index is 12.5. The molecule has 0 atom stereocenters. The van der Waals surface area contributed by atoms with E-state index >= 15 is 0 Å². The fourth-order valence-corrected chi connectivity index (χ4v) is 3.32. The van der Waals surface area contributed by atoms with Gasteiger partial charge in [-0.15, -0.1) is 0 Å². The Morgan fingerprint density at radius 2 is 1.84 bits per heavy atom. The molecule has 0 spiro atoms. The summed E-state index contributed by atoms with van der Waals surface area (Å²) in [6.07, 6.45) is 2.26. The number of methoxy groups -OCH3 is 2. The van der Waals surface area contributed by atoms with E-state index in [9.17, 15) is 14.9 Å². The van der Waals surface area contributed by atoms with Crippen LogP contribution in [0.25, 0.3) is 0 Å². The number of anilines is 1. The molecule has 1 amide bonds. The zero-order chi connectivity index (χ0) is 22.4. The van der Waals surface area contributed by atoms with Crippen LogP contribution in [0.15, 0.2) is 18.2 Å². The third-order valence-electron chi connectivity index (χ3n) is 4.81. The highest BCUT2D eigenvalue weighted by molar-refractivity contribution is 5.99. The maximum Gasteiger partial charge on any atom is 0.286 e. The number of hydrogen-bond donors (Lipinski definition) is 1. The summed E-state index contributed by atoms with van der Waals surface area (Å²) in [6, 6.07) is 4.22. The van der Waals surface area contributed by atoms with Gasteiger partial charge in [-0.05, 0) is 19.8 Å². The van der Waals surface area contributed by atoms with E-state index in [2.05, 4.69) is 20.2 Å². The highest BCUT2D eigenvalue weighted by Crippen LogP contribution is 2.34. The Morgan fingerprint density at radius 3 is 2.48 bits per heavy atom. The van der Waals surface area contributed by atoms with Gasteiger partial charge in [-0.3, -0.25) is 14.9 Å². The van der Waals surface area contributed by atoms with E-state index in [1.54, 1.807) is 13.0 Å². The largest absolute Gasteiger partial charge is 0.493 e. The third kappa shape index (κ3) is 5.30. The molecule has 11 nitrogen and oxygen atoms in total. The highest BCUT2D eigenvalue weighted by Gasteiger charge is 2.24. The molecule has 1 N–H and O–H groups in total. The molecule has 2 heterocycles. The topological polar surface area (TPSA) is 129 Å². The SMILES string of the molecule is COc1cc(C(=O)NCCOc2cc(N3CCCC3)nc(C)n2)c([N+](=O)[O-])cc1OC. The van der Waals surface area contributed by atoms with Gasteiger partial charge in [-0.2, -0.15) is 4.98 Å². The molecule has 0 radical (unpaired) electrons. The molecule has 1 aromatic heterocycles. The van der Waals surface area contributed by atoms with Crippen LogP contribution in [0.5, 0.6) is 17.4 Å². The second kappa shape index (κ2) is 9.92. The van der Waals surface area contributed by atoms with Crippen molar-refractivity contribution in [1.82, 2.24) is 15.3 Å². The lowest BCUT2D eigenvalue weighted by Gasteiger charge is -2.17. The van der Waals surface area contributed by atoms with Crippen LogP contribution in [-0.4, -0.2) is 61.3 Å². The number of amides is 1. The summed E-state index contributed by atoms with van der Waals surface area (Å²) >= 11 is 0. The summed E-state index contributed by atoms with van der Waals surface area (Å²) in [6.45, 7) is 3.98. The summed E-state index contributed by atoms with van der Waals surface area (Å²) in [4.78, 5) is 34.2. The minimum atomic E-state index is -0.642. The molecule has 2 aromatic rings. The first-order chi connectivity index (χ1) is 14.9. The number of carbonyl (C=O) groups excluding carboxylic acids is 1. The number of hydrogen-bond acceptors (Lipinski definition) is 9. The van der Waals surface area contributed by atoms with E-state index in [0.29, 0.717) is 11.7 Å². The molecular weight excluding hydrogens is 406 g/mol. The fourth-order valence-electron chi connectivity index (χ4n) is 3.32. The fraction of sp³-hybridized carbons (Fsp3) is 0.450. The van der Waals surface area contributed by atoms with Gasteiger partial charge in [-0.1, -0.05) is 0 Å². The number of nitro groups is 1. The molecule has 166 valence electrons. The lowest BCUT2D eigenvalue weighted by atomic mass is 10.1. The molecule has 11 heteroatoms. The number of nitro benzene ring substituents is 1. The maximum atomic E-state index is 12.5. The van der Waals surface area contributed by atoms with Crippen molar-refractivity contribution in [3.63, 3.8) is 0 Å². The predicted octanol–water partition coefficient (Wildman–Crippen LogP) is 2.12. The quantitative estimate of drug-likeness (QED) is 0.360. The van der Waals surface area contributed by atoms with Crippen LogP contribution < -0.4 is 24.4 Å². The van der Waals surface area contributed by atoms with Crippen molar-refractivity contribution < 1.29 is 23.9 Å². The van der Waals surface area contributed by atoms with E-state index in [-0.39, 0.29) is 35.9 Å². The Labute approximate surface area is 179 Å². The van der Waals surface area contributed by atoms with Gasteiger partial charge < -0.3 is 24.4 Å². The average Bonchev–Trinajstić information content (AvgIpc) is 3.30. The Hall–Kier alpha value is -3.63. The lowest BCUT2D eigenvalue weighted by molar-refractivity contribution is -0.385. The van der Waals surface area contributed by atoms with Crippen LogP contribution in [0.1, 0.15) is 29.0 Å². The third-order valence-corrected chi connectivity index (χ3v) is 4.81. The second-order valence-electron chi connectivity index (χ2n) is 6.89. The van der Waals surface area contributed by atoms with E-state index in [0.717, 1.165) is 37.8 Å². The zero-order valence-corrected chi connectivity index (χ0v) is 17.7. The van der Waals surface area contributed by atoms with Gasteiger partial charge in [0.15, 0.2) is 11.5 Å². The molecule has 31 heavy (non-hydrogen) atoms. The Morgan fingerprint density at radius 1 is 1.16 bits per heavy atom. The van der Waals surface area contributed by atoms with Crippen LogP contribution in [0.2, 0.25) is 0 Å². The van der Waals surface area contributed by atoms with Crippen molar-refractivity contribution in [2.24, 2.45) is 0 Å². The van der Waals surface area contributed by atoms with Gasteiger partial charge in [0, 0.05) is 25.2 Å². The van der Waals surface area contributed by atoms with Gasteiger partial charge in [0.05, 0.1) is 31.8 Å². The van der Waals surface area contributed by atoms with Gasteiger partial charge >= 0.3 is 0 Å². The number of benzene rings is 1. The van der Waals surface area contributed by atoms with Crippen molar-refractivity contribution in [1.29, 1.82) is 0 Å². The molecule has 0 bridgehead atoms. The number of aromatic nitrogens is 2. The molecule has 0 unspecified atom stereocenters. The van der Waals surface area contributed by atoms with E-state index in [1.165, 1.54) is 20.3 Å². The smallest absolute Gasteiger partial charge is 0.286 e. The molecule has 1 aromatic carbocycles. The molecule has 1 aliphatic heterocycles. The lowest BCUT2D eigenvalue weighted by Crippen LogP contribution is -2.29. The summed E-state index contributed by atoms with van der Waals surface area (Å²) < 4.78 is 15.9. The predicted molar refractivity (Wildman–Crippen MR) is 112 cm³/mol. The van der Waals surface area contributed by atoms with Crippen molar-refractivity contribution in [2.45, 2.75) is 19.8 Å². The number of aryl methyl sites for hydroxylation is 1. The van der Waals surface area contributed by atoms with Crippen LogP contribution in [0.4, 0.5) is 11.5 Å². The normalized spacial score (nSPS) is 13.1. The van der Waals surface area contributed by atoms with Gasteiger partial charge in [-0.25, -0.2) is 4.98 Å². The standard InChI is InChI=1S/C20H25N5O6/c1-13-22-18(24-7-4-5-8-24)12-19(23-13)31-9-6-21-20(26)14-10-16(29-2)17(30-3)11-15(14)25(27)28/h10-12H,4-9H2,1-3H3,(H,21,26). The zero-order valence-electron chi connectivity index (χ0n) is 17.7. The van der Waals surface area contributed by atoms with Crippen LogP contribution in [0, 0.1) is 17.0 Å². The first-order valence-corrected chi connectivity index (χ1v) is 9.85. The van der Waals surface area contributed by atoms with Gasteiger partial charge in [0.25, 0.3) is 11.6 Å². The van der Waals surface area contributed by atoms with Gasteiger partial charge in [0.1, 0.15) is 23.8 Å². The number of rotatable bonds is 9. The molecule has 1 aliphatic rings. The second-order valence-corrected chi connectivity index (χ2v) is 6.89. The summed E-state index contributed by atoms with van der Waals surface area (Å²) in [5.74, 6) is 1.62. The Bertz CT molecular complexity index is 961. The molecule has 0 aliphatic carbocycles. The number of carbonyl (C=O) groups is 1. The monoisotopic (exact) mass is 431 g/mol. The van der Waals surface area contributed by atoms with Crippen LogP contribution in [0.3, 0.4) is 0 Å². The number of ether oxygens (including phenoxy) is 3. The summed E-state index contributed by atoms with van der Waals surface area (Å²) in [5.41, 5.74) is -0.505. The molecular formula is C20H25N5O6. The first-order valence-electron chi connectivity index (χ1n) is 9.85.